The number of unbranched alkanes of at least 4 members (excludes halogenated alkanes) is 11. The lowest BCUT2D eigenvalue weighted by atomic mass is 10.1. The molecule has 0 heterocycles. The van der Waals surface area contributed by atoms with Crippen molar-refractivity contribution in [2.75, 3.05) is 33.0 Å². The molecule has 0 aliphatic carbocycles. The van der Waals surface area contributed by atoms with Gasteiger partial charge in [0.15, 0.2) is 0 Å². The number of phosphoric acid groups is 1. The highest BCUT2D eigenvalue weighted by molar-refractivity contribution is 7.47. The minimum Gasteiger partial charge on any atom is -0.457 e. The molecule has 0 saturated heterocycles. The second kappa shape index (κ2) is 43.5. The monoisotopic (exact) mass is 802 g/mol. The van der Waals surface area contributed by atoms with E-state index in [9.17, 15) is 14.3 Å². The number of hydrogen-bond donors (Lipinski definition) is 2. The van der Waals surface area contributed by atoms with Gasteiger partial charge in [-0.1, -0.05) is 156 Å². The summed E-state index contributed by atoms with van der Waals surface area (Å²) in [5.74, 6) is -0.369. The molecule has 0 rings (SSSR count). The highest BCUT2D eigenvalue weighted by Gasteiger charge is 2.25. The summed E-state index contributed by atoms with van der Waals surface area (Å²) in [7, 11) is -4.29. The second-order valence-corrected chi connectivity index (χ2v) is 15.3. The van der Waals surface area contributed by atoms with E-state index < -0.39 is 13.9 Å². The van der Waals surface area contributed by atoms with Crippen LogP contribution in [0.5, 0.6) is 0 Å². The molecule has 3 N–H and O–H groups in total. The van der Waals surface area contributed by atoms with E-state index in [0.717, 1.165) is 89.9 Å². The molecular weight excluding hydrogens is 721 g/mol. The molecule has 0 bridgehead atoms. The van der Waals surface area contributed by atoms with E-state index in [1.54, 1.807) is 0 Å². The molecule has 0 radical (unpaired) electrons. The van der Waals surface area contributed by atoms with E-state index in [0.29, 0.717) is 13.0 Å². The third kappa shape index (κ3) is 42.6. The van der Waals surface area contributed by atoms with Crippen LogP contribution in [0.25, 0.3) is 0 Å². The molecule has 0 aromatic heterocycles. The summed E-state index contributed by atoms with van der Waals surface area (Å²) < 4.78 is 33.3. The summed E-state index contributed by atoms with van der Waals surface area (Å²) >= 11 is 0. The number of esters is 1. The predicted molar refractivity (Wildman–Crippen MR) is 238 cm³/mol. The molecule has 2 atom stereocenters. The largest absolute Gasteiger partial charge is 0.472 e. The Morgan fingerprint density at radius 3 is 1.52 bits per heavy atom. The number of phosphoric ester groups is 1. The number of ether oxygens (including phenoxy) is 2. The van der Waals surface area contributed by atoms with E-state index in [1.807, 2.05) is 0 Å². The van der Waals surface area contributed by atoms with Gasteiger partial charge in [0.25, 0.3) is 0 Å². The van der Waals surface area contributed by atoms with Gasteiger partial charge in [-0.2, -0.15) is 0 Å². The molecule has 8 nitrogen and oxygen atoms in total. The summed E-state index contributed by atoms with van der Waals surface area (Å²) in [4.78, 5) is 22.5. The third-order valence-corrected chi connectivity index (χ3v) is 9.47. The lowest BCUT2D eigenvalue weighted by molar-refractivity contribution is -0.154. The Bertz CT molecular complexity index is 1170. The van der Waals surface area contributed by atoms with Gasteiger partial charge in [0.2, 0.25) is 0 Å². The van der Waals surface area contributed by atoms with Gasteiger partial charge in [0, 0.05) is 19.6 Å². The van der Waals surface area contributed by atoms with Crippen molar-refractivity contribution in [2.24, 2.45) is 5.73 Å². The van der Waals surface area contributed by atoms with E-state index in [4.69, 9.17) is 24.3 Å². The minimum absolute atomic E-state index is 0.0881. The van der Waals surface area contributed by atoms with Crippen molar-refractivity contribution in [1.29, 1.82) is 0 Å². The van der Waals surface area contributed by atoms with Crippen molar-refractivity contribution in [3.05, 3.63) is 97.2 Å². The van der Waals surface area contributed by atoms with Crippen LogP contribution in [-0.4, -0.2) is 49.9 Å². The van der Waals surface area contributed by atoms with E-state index >= 15 is 0 Å². The molecule has 56 heavy (non-hydrogen) atoms. The summed E-state index contributed by atoms with van der Waals surface area (Å²) in [5, 5.41) is 0. The Morgan fingerprint density at radius 2 is 1.00 bits per heavy atom. The maximum absolute atomic E-state index is 12.6. The van der Waals surface area contributed by atoms with Crippen molar-refractivity contribution in [3.63, 3.8) is 0 Å². The van der Waals surface area contributed by atoms with Gasteiger partial charge in [0.1, 0.15) is 6.10 Å². The molecule has 0 aromatic rings. The number of carbonyl (C=O) groups is 1. The lowest BCUT2D eigenvalue weighted by Crippen LogP contribution is -2.28. The first-order valence-electron chi connectivity index (χ1n) is 21.7. The van der Waals surface area contributed by atoms with Crippen LogP contribution in [0.2, 0.25) is 0 Å². The first kappa shape index (κ1) is 53.4. The molecule has 0 aliphatic heterocycles. The molecule has 0 aromatic carbocycles. The predicted octanol–water partition coefficient (Wildman–Crippen LogP) is 13.1. The van der Waals surface area contributed by atoms with Crippen molar-refractivity contribution in [2.45, 2.75) is 161 Å². The fourth-order valence-corrected chi connectivity index (χ4v) is 6.07. The average Bonchev–Trinajstić information content (AvgIpc) is 3.19. The Kier molecular flexibility index (Phi) is 41.5. The van der Waals surface area contributed by atoms with Crippen molar-refractivity contribution < 1.29 is 32.8 Å². The van der Waals surface area contributed by atoms with Crippen molar-refractivity contribution in [3.8, 4) is 0 Å². The Hall–Kier alpha value is -2.58. The van der Waals surface area contributed by atoms with Gasteiger partial charge in [-0.05, 0) is 89.9 Å². The normalized spacial score (nSPS) is 14.4. The quantitative estimate of drug-likeness (QED) is 0.0272. The van der Waals surface area contributed by atoms with Gasteiger partial charge in [-0.25, -0.2) is 4.57 Å². The second-order valence-electron chi connectivity index (χ2n) is 13.8. The van der Waals surface area contributed by atoms with Crippen molar-refractivity contribution >= 4 is 13.8 Å². The summed E-state index contributed by atoms with van der Waals surface area (Å²) in [6.45, 7) is 4.68. The van der Waals surface area contributed by atoms with Gasteiger partial charge in [-0.15, -0.1) is 0 Å². The molecule has 320 valence electrons. The van der Waals surface area contributed by atoms with Gasteiger partial charge in [-0.3, -0.25) is 13.8 Å². The zero-order valence-electron chi connectivity index (χ0n) is 35.3. The molecular formula is C47H80NO7P. The fraction of sp³-hybridized carbons (Fsp3) is 0.638. The Morgan fingerprint density at radius 1 is 0.554 bits per heavy atom. The highest BCUT2D eigenvalue weighted by Crippen LogP contribution is 2.43. The summed E-state index contributed by atoms with van der Waals surface area (Å²) in [6, 6.07) is 0. The van der Waals surface area contributed by atoms with Gasteiger partial charge < -0.3 is 20.1 Å². The fourth-order valence-electron chi connectivity index (χ4n) is 5.31. The number of carbonyl (C=O) groups excluding carboxylic acids is 1. The zero-order chi connectivity index (χ0) is 40.9. The first-order chi connectivity index (χ1) is 27.4. The molecule has 9 heteroatoms. The first-order valence-corrected chi connectivity index (χ1v) is 23.2. The van der Waals surface area contributed by atoms with Crippen LogP contribution >= 0.6 is 7.82 Å². The summed E-state index contributed by atoms with van der Waals surface area (Å²) in [5.41, 5.74) is 5.36. The van der Waals surface area contributed by atoms with Crippen LogP contribution in [0.15, 0.2) is 97.2 Å². The maximum Gasteiger partial charge on any atom is 0.472 e. The number of rotatable bonds is 40. The molecule has 0 amide bonds. The third-order valence-electron chi connectivity index (χ3n) is 8.49. The molecule has 0 spiro atoms. The molecule has 0 aliphatic rings. The zero-order valence-corrected chi connectivity index (χ0v) is 36.2. The molecule has 0 fully saturated rings. The van der Waals surface area contributed by atoms with E-state index in [1.165, 1.54) is 38.5 Å². The van der Waals surface area contributed by atoms with Crippen LogP contribution in [0.4, 0.5) is 0 Å². The molecule has 2 unspecified atom stereocenters. The SMILES string of the molecule is CC/C=C\C/C=C\C/C=C\C/C=C\C/C=C\C/C=C\C/C=C\CCCCCC(=O)OC(COCCCCCCCC/C=C\CCCC)COP(=O)(O)OCCN. The van der Waals surface area contributed by atoms with Gasteiger partial charge in [0.05, 0.1) is 19.8 Å². The maximum atomic E-state index is 12.6. The van der Waals surface area contributed by atoms with Crippen LogP contribution in [-0.2, 0) is 27.9 Å². The van der Waals surface area contributed by atoms with Crippen molar-refractivity contribution in [1.82, 2.24) is 0 Å². The van der Waals surface area contributed by atoms with Crippen LogP contribution < -0.4 is 5.73 Å². The highest BCUT2D eigenvalue weighted by atomic mass is 31.2. The topological polar surface area (TPSA) is 117 Å². The Balaban J connectivity index is 4.13. The minimum atomic E-state index is -4.29. The van der Waals surface area contributed by atoms with E-state index in [2.05, 4.69) is 111 Å². The number of nitrogens with two attached hydrogens (primary N) is 1. The standard InChI is InChI=1S/C47H80NO7P/c1-3-5-7-9-11-13-15-17-18-19-20-21-22-23-24-25-26-27-28-29-30-32-34-36-38-40-47(49)55-46(45-54-56(50,51)53-43-41-48)44-52-42-39-37-35-33-31-16-14-12-10-8-6-4-2/h5,7,10-13,17-18,20-21,23-24,26-27,29-30,46H,3-4,6,8-9,14-16,19,22,25,28,31-45,48H2,1-2H3,(H,50,51)/b7-5-,12-10-,13-11-,18-17-,21-20-,24-23-,27-26-,30-29-. The summed E-state index contributed by atoms with van der Waals surface area (Å²) in [6.07, 6.45) is 57.1. The Labute approximate surface area is 342 Å². The van der Waals surface area contributed by atoms with Gasteiger partial charge >= 0.3 is 13.8 Å². The average molecular weight is 802 g/mol. The number of allylic oxidation sites excluding steroid dienone is 16. The number of hydrogen-bond acceptors (Lipinski definition) is 7. The van der Waals surface area contributed by atoms with E-state index in [-0.39, 0.29) is 38.8 Å². The van der Waals surface area contributed by atoms with Crippen LogP contribution in [0, 0.1) is 0 Å². The smallest absolute Gasteiger partial charge is 0.457 e. The van der Waals surface area contributed by atoms with Crippen LogP contribution in [0.3, 0.4) is 0 Å². The molecule has 0 saturated carbocycles. The lowest BCUT2D eigenvalue weighted by Gasteiger charge is -2.20. The van der Waals surface area contributed by atoms with Crippen LogP contribution in [0.1, 0.15) is 155 Å².